The molecule has 2 rings (SSSR count). The number of nitrogens with one attached hydrogen (secondary N) is 1. The van der Waals surface area contributed by atoms with Crippen LogP contribution in [0.25, 0.3) is 0 Å². The van der Waals surface area contributed by atoms with Crippen LogP contribution < -0.4 is 5.32 Å². The fourth-order valence-electron chi connectivity index (χ4n) is 2.18. The van der Waals surface area contributed by atoms with Gasteiger partial charge < -0.3 is 10.1 Å². The van der Waals surface area contributed by atoms with E-state index in [9.17, 15) is 0 Å². The van der Waals surface area contributed by atoms with Gasteiger partial charge in [0.15, 0.2) is 0 Å². The summed E-state index contributed by atoms with van der Waals surface area (Å²) in [5.41, 5.74) is 2.31. The van der Waals surface area contributed by atoms with Crippen molar-refractivity contribution in [1.82, 2.24) is 4.90 Å². The SMILES string of the molecule is CC(Cl)c1ccccc1NCCN1CCOCC1. The van der Waals surface area contributed by atoms with Crippen LogP contribution in [0, 0.1) is 0 Å². The molecule has 0 radical (unpaired) electrons. The molecule has 1 atom stereocenters. The number of anilines is 1. The van der Waals surface area contributed by atoms with Gasteiger partial charge in [-0.25, -0.2) is 0 Å². The zero-order valence-corrected chi connectivity index (χ0v) is 11.6. The fourth-order valence-corrected chi connectivity index (χ4v) is 2.37. The van der Waals surface area contributed by atoms with Crippen molar-refractivity contribution in [2.45, 2.75) is 12.3 Å². The molecule has 0 saturated carbocycles. The summed E-state index contributed by atoms with van der Waals surface area (Å²) in [7, 11) is 0. The van der Waals surface area contributed by atoms with Gasteiger partial charge in [0.2, 0.25) is 0 Å². The van der Waals surface area contributed by atoms with E-state index in [2.05, 4.69) is 22.3 Å². The molecule has 0 aliphatic carbocycles. The molecule has 1 N–H and O–H groups in total. The number of nitrogens with zero attached hydrogens (tertiary/aromatic N) is 1. The normalized spacial score (nSPS) is 18.6. The molecular weight excluding hydrogens is 248 g/mol. The molecule has 1 heterocycles. The van der Waals surface area contributed by atoms with E-state index in [0.717, 1.165) is 45.1 Å². The van der Waals surface area contributed by atoms with E-state index in [4.69, 9.17) is 16.3 Å². The maximum absolute atomic E-state index is 6.17. The van der Waals surface area contributed by atoms with Gasteiger partial charge in [0.25, 0.3) is 0 Å². The smallest absolute Gasteiger partial charge is 0.0594 e. The Morgan fingerprint density at radius 3 is 2.78 bits per heavy atom. The van der Waals surface area contributed by atoms with Crippen LogP contribution in [0.4, 0.5) is 5.69 Å². The molecule has 4 heteroatoms. The highest BCUT2D eigenvalue weighted by Crippen LogP contribution is 2.26. The molecule has 0 bridgehead atoms. The first-order valence-corrected chi connectivity index (χ1v) is 6.98. The minimum atomic E-state index is 0.0390. The molecule has 1 aromatic rings. The van der Waals surface area contributed by atoms with Crippen molar-refractivity contribution in [3.05, 3.63) is 29.8 Å². The van der Waals surface area contributed by atoms with E-state index in [1.54, 1.807) is 0 Å². The second-order valence-electron chi connectivity index (χ2n) is 4.58. The second kappa shape index (κ2) is 6.98. The Labute approximate surface area is 114 Å². The number of halogens is 1. The highest BCUT2D eigenvalue weighted by Gasteiger charge is 2.10. The summed E-state index contributed by atoms with van der Waals surface area (Å²) in [5, 5.41) is 3.51. The minimum absolute atomic E-state index is 0.0390. The number of ether oxygens (including phenoxy) is 1. The molecule has 1 aliphatic heterocycles. The lowest BCUT2D eigenvalue weighted by atomic mass is 10.1. The third-order valence-electron chi connectivity index (χ3n) is 3.24. The first-order valence-electron chi connectivity index (χ1n) is 6.54. The van der Waals surface area contributed by atoms with Gasteiger partial charge in [-0.05, 0) is 18.6 Å². The number of para-hydroxylation sites is 1. The molecule has 100 valence electrons. The van der Waals surface area contributed by atoms with Crippen LogP contribution in [-0.2, 0) is 4.74 Å². The Morgan fingerprint density at radius 2 is 2.06 bits per heavy atom. The highest BCUT2D eigenvalue weighted by molar-refractivity contribution is 6.21. The van der Waals surface area contributed by atoms with E-state index >= 15 is 0 Å². The molecule has 1 aromatic carbocycles. The second-order valence-corrected chi connectivity index (χ2v) is 5.24. The maximum atomic E-state index is 6.17. The van der Waals surface area contributed by atoms with Crippen LogP contribution in [0.3, 0.4) is 0 Å². The molecule has 1 aliphatic rings. The maximum Gasteiger partial charge on any atom is 0.0594 e. The quantitative estimate of drug-likeness (QED) is 0.831. The van der Waals surface area contributed by atoms with Gasteiger partial charge >= 0.3 is 0 Å². The van der Waals surface area contributed by atoms with Crippen molar-refractivity contribution in [1.29, 1.82) is 0 Å². The van der Waals surface area contributed by atoms with Gasteiger partial charge in [-0.15, -0.1) is 11.6 Å². The summed E-state index contributed by atoms with van der Waals surface area (Å²) in [6.07, 6.45) is 0. The number of rotatable bonds is 5. The first-order chi connectivity index (χ1) is 8.77. The van der Waals surface area contributed by atoms with Crippen molar-refractivity contribution in [3.63, 3.8) is 0 Å². The van der Waals surface area contributed by atoms with Gasteiger partial charge in [0, 0.05) is 31.9 Å². The first kappa shape index (κ1) is 13.7. The average Bonchev–Trinajstić information content (AvgIpc) is 2.40. The van der Waals surface area contributed by atoms with Gasteiger partial charge in [0.1, 0.15) is 0 Å². The molecule has 1 unspecified atom stereocenters. The number of hydrogen-bond donors (Lipinski definition) is 1. The van der Waals surface area contributed by atoms with Crippen molar-refractivity contribution in [2.24, 2.45) is 0 Å². The Bertz CT molecular complexity index is 365. The van der Waals surface area contributed by atoms with Crippen molar-refractivity contribution < 1.29 is 4.74 Å². The molecule has 0 aromatic heterocycles. The van der Waals surface area contributed by atoms with E-state index in [1.807, 2.05) is 19.1 Å². The topological polar surface area (TPSA) is 24.5 Å². The van der Waals surface area contributed by atoms with Crippen LogP contribution in [0.5, 0.6) is 0 Å². The van der Waals surface area contributed by atoms with Crippen LogP contribution in [0.2, 0.25) is 0 Å². The third kappa shape index (κ3) is 3.87. The summed E-state index contributed by atoms with van der Waals surface area (Å²) in [6, 6.07) is 8.24. The lowest BCUT2D eigenvalue weighted by molar-refractivity contribution is 0.0398. The summed E-state index contributed by atoms with van der Waals surface area (Å²) in [5.74, 6) is 0. The van der Waals surface area contributed by atoms with E-state index < -0.39 is 0 Å². The van der Waals surface area contributed by atoms with Crippen LogP contribution in [0.15, 0.2) is 24.3 Å². The molecule has 0 amide bonds. The molecule has 1 fully saturated rings. The highest BCUT2D eigenvalue weighted by atomic mass is 35.5. The predicted octanol–water partition coefficient (Wildman–Crippen LogP) is 2.73. The Kier molecular flexibility index (Phi) is 5.29. The fraction of sp³-hybridized carbons (Fsp3) is 0.571. The van der Waals surface area contributed by atoms with E-state index in [-0.39, 0.29) is 5.38 Å². The monoisotopic (exact) mass is 268 g/mol. The average molecular weight is 269 g/mol. The largest absolute Gasteiger partial charge is 0.383 e. The lowest BCUT2D eigenvalue weighted by Crippen LogP contribution is -2.39. The van der Waals surface area contributed by atoms with Crippen LogP contribution in [-0.4, -0.2) is 44.3 Å². The molecule has 0 spiro atoms. The zero-order valence-electron chi connectivity index (χ0n) is 10.9. The Balaban J connectivity index is 1.82. The Hall–Kier alpha value is -0.770. The lowest BCUT2D eigenvalue weighted by Gasteiger charge is -2.26. The number of alkyl halides is 1. The third-order valence-corrected chi connectivity index (χ3v) is 3.47. The van der Waals surface area contributed by atoms with Crippen molar-refractivity contribution in [3.8, 4) is 0 Å². The van der Waals surface area contributed by atoms with E-state index in [1.165, 1.54) is 5.56 Å². The summed E-state index contributed by atoms with van der Waals surface area (Å²) < 4.78 is 5.34. The minimum Gasteiger partial charge on any atom is -0.383 e. The van der Waals surface area contributed by atoms with E-state index in [0.29, 0.717) is 0 Å². The van der Waals surface area contributed by atoms with Crippen LogP contribution in [0.1, 0.15) is 17.9 Å². The van der Waals surface area contributed by atoms with Crippen LogP contribution >= 0.6 is 11.6 Å². The van der Waals surface area contributed by atoms with Crippen molar-refractivity contribution >= 4 is 17.3 Å². The molecule has 1 saturated heterocycles. The van der Waals surface area contributed by atoms with Gasteiger partial charge in [-0.2, -0.15) is 0 Å². The molecular formula is C14H21ClN2O. The zero-order chi connectivity index (χ0) is 12.8. The number of morpholine rings is 1. The molecule has 18 heavy (non-hydrogen) atoms. The number of hydrogen-bond acceptors (Lipinski definition) is 3. The summed E-state index contributed by atoms with van der Waals surface area (Å²) in [4.78, 5) is 2.42. The van der Waals surface area contributed by atoms with Gasteiger partial charge in [-0.3, -0.25) is 4.90 Å². The number of benzene rings is 1. The van der Waals surface area contributed by atoms with Crippen molar-refractivity contribution in [2.75, 3.05) is 44.7 Å². The van der Waals surface area contributed by atoms with Gasteiger partial charge in [0.05, 0.1) is 18.6 Å². The summed E-state index contributed by atoms with van der Waals surface area (Å²) in [6.45, 7) is 7.79. The molecule has 3 nitrogen and oxygen atoms in total. The summed E-state index contributed by atoms with van der Waals surface area (Å²) >= 11 is 6.17. The Morgan fingerprint density at radius 1 is 1.33 bits per heavy atom. The standard InChI is InChI=1S/C14H21ClN2O/c1-12(15)13-4-2-3-5-14(13)16-6-7-17-8-10-18-11-9-17/h2-5,12,16H,6-11H2,1H3. The predicted molar refractivity (Wildman–Crippen MR) is 76.5 cm³/mol. The van der Waals surface area contributed by atoms with Gasteiger partial charge in [-0.1, -0.05) is 18.2 Å².